The number of aliphatic hydroxyl groups excluding tert-OH is 1. The van der Waals surface area contributed by atoms with Gasteiger partial charge in [0.2, 0.25) is 0 Å². The molecule has 1 atom stereocenters. The van der Waals surface area contributed by atoms with Crippen LogP contribution in [0.1, 0.15) is 26.3 Å². The van der Waals surface area contributed by atoms with Gasteiger partial charge in [0.05, 0.1) is 12.7 Å². The van der Waals surface area contributed by atoms with Gasteiger partial charge < -0.3 is 19.9 Å². The molecule has 0 amide bonds. The highest BCUT2D eigenvalue weighted by molar-refractivity contribution is 5.29. The third-order valence-electron chi connectivity index (χ3n) is 2.63. The van der Waals surface area contributed by atoms with E-state index < -0.39 is 11.9 Å². The molecule has 114 valence electrons. The summed E-state index contributed by atoms with van der Waals surface area (Å²) in [5.41, 5.74) is 0.861. The first kappa shape index (κ1) is 16.9. The van der Waals surface area contributed by atoms with Gasteiger partial charge in [0.15, 0.2) is 11.6 Å². The van der Waals surface area contributed by atoms with Gasteiger partial charge in [-0.05, 0) is 38.1 Å². The molecule has 20 heavy (non-hydrogen) atoms. The Balaban J connectivity index is 2.43. The van der Waals surface area contributed by atoms with Crippen molar-refractivity contribution in [3.05, 3.63) is 29.6 Å². The first-order valence-electron chi connectivity index (χ1n) is 6.94. The van der Waals surface area contributed by atoms with Crippen molar-refractivity contribution in [2.75, 3.05) is 19.8 Å². The van der Waals surface area contributed by atoms with E-state index in [1.54, 1.807) is 12.1 Å². The molecule has 0 spiro atoms. The van der Waals surface area contributed by atoms with Crippen LogP contribution in [0.25, 0.3) is 0 Å². The zero-order chi connectivity index (χ0) is 15.0. The van der Waals surface area contributed by atoms with E-state index >= 15 is 0 Å². The number of benzene rings is 1. The summed E-state index contributed by atoms with van der Waals surface area (Å²) in [6.07, 6.45) is -0.718. The summed E-state index contributed by atoms with van der Waals surface area (Å²) < 4.78 is 24.3. The predicted molar refractivity (Wildman–Crippen MR) is 76.4 cm³/mol. The minimum atomic E-state index is -0.766. The van der Waals surface area contributed by atoms with Crippen LogP contribution in [-0.2, 0) is 11.3 Å². The predicted octanol–water partition coefficient (Wildman–Crippen LogP) is 2.10. The van der Waals surface area contributed by atoms with Gasteiger partial charge in [0.1, 0.15) is 12.7 Å². The fraction of sp³-hybridized carbons (Fsp3) is 0.600. The molecule has 0 aliphatic rings. The molecule has 1 unspecified atom stereocenters. The van der Waals surface area contributed by atoms with Gasteiger partial charge in [-0.3, -0.25) is 0 Å². The van der Waals surface area contributed by atoms with E-state index in [9.17, 15) is 9.50 Å². The van der Waals surface area contributed by atoms with Crippen LogP contribution in [-0.4, -0.2) is 37.1 Å². The lowest BCUT2D eigenvalue weighted by Gasteiger charge is -2.15. The molecule has 0 saturated carbocycles. The standard InChI is InChI=1S/C15H24FNO3/c1-4-17-8-12-5-6-15(14(16)7-12)20-10-13(18)9-19-11(2)3/h5-7,11,13,17-18H,4,8-10H2,1-3H3. The Kier molecular flexibility index (Phi) is 7.51. The number of rotatable bonds is 9. The number of aliphatic hydroxyl groups is 1. The van der Waals surface area contributed by atoms with Crippen LogP contribution in [0.5, 0.6) is 5.75 Å². The van der Waals surface area contributed by atoms with E-state index in [4.69, 9.17) is 9.47 Å². The molecule has 0 radical (unpaired) electrons. The summed E-state index contributed by atoms with van der Waals surface area (Å²) in [5.74, 6) is -0.272. The molecular formula is C15H24FNO3. The van der Waals surface area contributed by atoms with Crippen LogP contribution in [0.4, 0.5) is 4.39 Å². The van der Waals surface area contributed by atoms with E-state index in [2.05, 4.69) is 5.32 Å². The van der Waals surface area contributed by atoms with Gasteiger partial charge in [-0.15, -0.1) is 0 Å². The lowest BCUT2D eigenvalue weighted by atomic mass is 10.2. The molecule has 0 aliphatic heterocycles. The fourth-order valence-corrected chi connectivity index (χ4v) is 1.58. The Hall–Kier alpha value is -1.17. The number of nitrogens with one attached hydrogen (secondary N) is 1. The SMILES string of the molecule is CCNCc1ccc(OCC(O)COC(C)C)c(F)c1. The maximum Gasteiger partial charge on any atom is 0.165 e. The maximum atomic E-state index is 13.8. The van der Waals surface area contributed by atoms with Gasteiger partial charge in [0.25, 0.3) is 0 Å². The fourth-order valence-electron chi connectivity index (χ4n) is 1.58. The summed E-state index contributed by atoms with van der Waals surface area (Å²) >= 11 is 0. The van der Waals surface area contributed by atoms with Crippen LogP contribution in [0.3, 0.4) is 0 Å². The Labute approximate surface area is 119 Å². The Morgan fingerprint density at radius 2 is 2.05 bits per heavy atom. The van der Waals surface area contributed by atoms with E-state index in [1.165, 1.54) is 6.07 Å². The van der Waals surface area contributed by atoms with E-state index in [1.807, 2.05) is 20.8 Å². The minimum absolute atomic E-state index is 0.0101. The Morgan fingerprint density at radius 1 is 1.30 bits per heavy atom. The topological polar surface area (TPSA) is 50.7 Å². The molecule has 0 aliphatic carbocycles. The van der Waals surface area contributed by atoms with Crippen molar-refractivity contribution in [1.82, 2.24) is 5.32 Å². The maximum absolute atomic E-state index is 13.8. The highest BCUT2D eigenvalue weighted by Crippen LogP contribution is 2.18. The second-order valence-electron chi connectivity index (χ2n) is 4.89. The molecule has 1 aromatic rings. The first-order chi connectivity index (χ1) is 9.52. The largest absolute Gasteiger partial charge is 0.488 e. The number of halogens is 1. The van der Waals surface area contributed by atoms with Crippen molar-refractivity contribution >= 4 is 0 Å². The van der Waals surface area contributed by atoms with Gasteiger partial charge >= 0.3 is 0 Å². The summed E-state index contributed by atoms with van der Waals surface area (Å²) in [7, 11) is 0. The third kappa shape index (κ3) is 6.32. The summed E-state index contributed by atoms with van der Waals surface area (Å²) in [5, 5.41) is 12.8. The smallest absolute Gasteiger partial charge is 0.165 e. The van der Waals surface area contributed by atoms with Crippen LogP contribution in [0.15, 0.2) is 18.2 Å². The van der Waals surface area contributed by atoms with Gasteiger partial charge in [-0.25, -0.2) is 4.39 Å². The summed E-state index contributed by atoms with van der Waals surface area (Å²) in [6.45, 7) is 7.41. The normalized spacial score (nSPS) is 12.7. The number of hydrogen-bond acceptors (Lipinski definition) is 4. The van der Waals surface area contributed by atoms with Crippen molar-refractivity contribution in [3.63, 3.8) is 0 Å². The van der Waals surface area contributed by atoms with E-state index in [0.717, 1.165) is 12.1 Å². The second kappa shape index (κ2) is 8.89. The third-order valence-corrected chi connectivity index (χ3v) is 2.63. The van der Waals surface area contributed by atoms with Crippen LogP contribution in [0.2, 0.25) is 0 Å². The highest BCUT2D eigenvalue weighted by atomic mass is 19.1. The quantitative estimate of drug-likeness (QED) is 0.729. The monoisotopic (exact) mass is 285 g/mol. The lowest BCUT2D eigenvalue weighted by molar-refractivity contribution is -0.0127. The highest BCUT2D eigenvalue weighted by Gasteiger charge is 2.10. The van der Waals surface area contributed by atoms with Crippen LogP contribution >= 0.6 is 0 Å². The van der Waals surface area contributed by atoms with Crippen LogP contribution < -0.4 is 10.1 Å². The van der Waals surface area contributed by atoms with Crippen LogP contribution in [0, 0.1) is 5.82 Å². The molecule has 1 aromatic carbocycles. The zero-order valence-corrected chi connectivity index (χ0v) is 12.4. The van der Waals surface area contributed by atoms with Crippen molar-refractivity contribution in [2.45, 2.75) is 39.5 Å². The average Bonchev–Trinajstić information content (AvgIpc) is 2.41. The number of hydrogen-bond donors (Lipinski definition) is 2. The Bertz CT molecular complexity index is 399. The van der Waals surface area contributed by atoms with Crippen molar-refractivity contribution in [3.8, 4) is 5.75 Å². The Morgan fingerprint density at radius 3 is 2.65 bits per heavy atom. The second-order valence-corrected chi connectivity index (χ2v) is 4.89. The molecular weight excluding hydrogens is 261 g/mol. The molecule has 0 fully saturated rings. The molecule has 0 bridgehead atoms. The molecule has 1 rings (SSSR count). The van der Waals surface area contributed by atoms with Crippen molar-refractivity contribution in [1.29, 1.82) is 0 Å². The molecule has 4 nitrogen and oxygen atoms in total. The van der Waals surface area contributed by atoms with Gasteiger partial charge in [0, 0.05) is 6.54 Å². The molecule has 2 N–H and O–H groups in total. The molecule has 0 heterocycles. The first-order valence-corrected chi connectivity index (χ1v) is 6.94. The summed E-state index contributed by atoms with van der Waals surface area (Å²) in [4.78, 5) is 0. The van der Waals surface area contributed by atoms with Gasteiger partial charge in [-0.1, -0.05) is 13.0 Å². The van der Waals surface area contributed by atoms with Gasteiger partial charge in [-0.2, -0.15) is 0 Å². The van der Waals surface area contributed by atoms with Crippen molar-refractivity contribution < 1.29 is 19.0 Å². The zero-order valence-electron chi connectivity index (χ0n) is 12.4. The summed E-state index contributed by atoms with van der Waals surface area (Å²) in [6, 6.07) is 4.82. The molecule has 0 saturated heterocycles. The molecule has 5 heteroatoms. The number of ether oxygens (including phenoxy) is 2. The van der Waals surface area contributed by atoms with Crippen molar-refractivity contribution in [2.24, 2.45) is 0 Å². The molecule has 0 aromatic heterocycles. The van der Waals surface area contributed by atoms with E-state index in [-0.39, 0.29) is 25.1 Å². The lowest BCUT2D eigenvalue weighted by Crippen LogP contribution is -2.25. The minimum Gasteiger partial charge on any atom is -0.488 e. The average molecular weight is 285 g/mol. The van der Waals surface area contributed by atoms with E-state index in [0.29, 0.717) is 6.54 Å².